The van der Waals surface area contributed by atoms with E-state index in [1.165, 1.54) is 6.92 Å². The highest BCUT2D eigenvalue weighted by molar-refractivity contribution is 5.93. The molecule has 186 valence electrons. The van der Waals surface area contributed by atoms with Crippen molar-refractivity contribution in [3.05, 3.63) is 36.0 Å². The normalized spacial score (nSPS) is 15.6. The zero-order valence-corrected chi connectivity index (χ0v) is 19.5. The summed E-state index contributed by atoms with van der Waals surface area (Å²) < 4.78 is 0. The van der Waals surface area contributed by atoms with Gasteiger partial charge in [-0.05, 0) is 24.5 Å². The molecule has 2 aromatic rings. The van der Waals surface area contributed by atoms with Gasteiger partial charge < -0.3 is 36.9 Å². The third-order valence-corrected chi connectivity index (χ3v) is 5.78. The van der Waals surface area contributed by atoms with Crippen LogP contribution in [0.4, 0.5) is 0 Å². The number of fused-ring (bicyclic) bond motifs is 1. The summed E-state index contributed by atoms with van der Waals surface area (Å²) in [4.78, 5) is 52.0. The van der Waals surface area contributed by atoms with Crippen LogP contribution in [0.15, 0.2) is 30.5 Å². The summed E-state index contributed by atoms with van der Waals surface area (Å²) in [6.45, 7) is 4.44. The monoisotopic (exact) mass is 475 g/mol. The molecule has 0 aliphatic carbocycles. The highest BCUT2D eigenvalue weighted by atomic mass is 16.4. The molecule has 8 N–H and O–H groups in total. The molecule has 0 bridgehead atoms. The maximum absolute atomic E-state index is 12.9. The van der Waals surface area contributed by atoms with Crippen LogP contribution in [-0.2, 0) is 25.6 Å². The van der Waals surface area contributed by atoms with Crippen LogP contribution in [-0.4, -0.2) is 69.7 Å². The minimum atomic E-state index is -1.51. The number of amides is 3. The van der Waals surface area contributed by atoms with Crippen molar-refractivity contribution in [2.75, 3.05) is 6.54 Å². The van der Waals surface area contributed by atoms with E-state index in [0.29, 0.717) is 6.42 Å². The molecule has 1 aromatic carbocycles. The number of aromatic nitrogens is 1. The van der Waals surface area contributed by atoms with Gasteiger partial charge in [0.25, 0.3) is 0 Å². The van der Waals surface area contributed by atoms with Gasteiger partial charge in [0.05, 0.1) is 18.7 Å². The first-order valence-electron chi connectivity index (χ1n) is 11.1. The number of benzene rings is 1. The van der Waals surface area contributed by atoms with E-state index in [1.807, 2.05) is 38.1 Å². The zero-order chi connectivity index (χ0) is 25.4. The number of aliphatic carboxylic acids is 1. The third kappa shape index (κ3) is 7.03. The maximum Gasteiger partial charge on any atom is 0.328 e. The molecular weight excluding hydrogens is 442 g/mol. The Morgan fingerprint density at radius 1 is 1.09 bits per heavy atom. The van der Waals surface area contributed by atoms with Gasteiger partial charge >= 0.3 is 5.97 Å². The predicted molar refractivity (Wildman–Crippen MR) is 126 cm³/mol. The molecule has 0 saturated carbocycles. The van der Waals surface area contributed by atoms with Crippen molar-refractivity contribution >= 4 is 34.6 Å². The van der Waals surface area contributed by atoms with Crippen LogP contribution in [0, 0.1) is 5.92 Å². The standard InChI is InChI=1S/C23H33N5O6/c1-4-12(2)19(24)22(32)27-17(9-14-10-25-16-8-6-5-7-15(14)16)21(31)26-11-18(30)28-20(13(3)29)23(33)34/h5-8,10,12-13,17,19-20,25,29H,4,9,11,24H2,1-3H3,(H,26,31)(H,27,32)(H,28,30)(H,33,34). The van der Waals surface area contributed by atoms with Crippen LogP contribution >= 0.6 is 0 Å². The summed E-state index contributed by atoms with van der Waals surface area (Å²) in [6, 6.07) is 4.15. The summed E-state index contributed by atoms with van der Waals surface area (Å²) in [5, 5.41) is 26.7. The lowest BCUT2D eigenvalue weighted by Crippen LogP contribution is -2.55. The lowest BCUT2D eigenvalue weighted by Gasteiger charge is -2.23. The van der Waals surface area contributed by atoms with E-state index >= 15 is 0 Å². The molecule has 1 heterocycles. The first-order valence-corrected chi connectivity index (χ1v) is 11.1. The van der Waals surface area contributed by atoms with Gasteiger partial charge in [-0.2, -0.15) is 0 Å². The van der Waals surface area contributed by atoms with E-state index in [9.17, 15) is 24.3 Å². The number of nitrogens with two attached hydrogens (primary N) is 1. The number of carbonyl (C=O) groups is 4. The topological polar surface area (TPSA) is 187 Å². The molecule has 3 amide bonds. The molecule has 0 aliphatic heterocycles. The molecule has 0 saturated heterocycles. The van der Waals surface area contributed by atoms with Gasteiger partial charge in [-0.3, -0.25) is 14.4 Å². The fourth-order valence-electron chi connectivity index (χ4n) is 3.41. The number of aliphatic hydroxyl groups excluding tert-OH is 1. The van der Waals surface area contributed by atoms with Crippen LogP contribution < -0.4 is 21.7 Å². The van der Waals surface area contributed by atoms with Crippen LogP contribution in [0.5, 0.6) is 0 Å². The summed E-state index contributed by atoms with van der Waals surface area (Å²) in [5.41, 5.74) is 7.69. The molecule has 2 rings (SSSR count). The number of carboxylic acids is 1. The number of para-hydroxylation sites is 1. The Morgan fingerprint density at radius 2 is 1.76 bits per heavy atom. The van der Waals surface area contributed by atoms with Crippen LogP contribution in [0.2, 0.25) is 0 Å². The number of hydrogen-bond acceptors (Lipinski definition) is 6. The second kappa shape index (κ2) is 12.1. The first kappa shape index (κ1) is 26.8. The molecule has 11 nitrogen and oxygen atoms in total. The van der Waals surface area contributed by atoms with Crippen molar-refractivity contribution in [1.29, 1.82) is 0 Å². The quantitative estimate of drug-likeness (QED) is 0.218. The average molecular weight is 476 g/mol. The number of H-pyrrole nitrogens is 1. The second-order valence-corrected chi connectivity index (χ2v) is 8.38. The predicted octanol–water partition coefficient (Wildman–Crippen LogP) is -0.365. The summed E-state index contributed by atoms with van der Waals surface area (Å²) >= 11 is 0. The third-order valence-electron chi connectivity index (χ3n) is 5.78. The molecule has 0 spiro atoms. The second-order valence-electron chi connectivity index (χ2n) is 8.38. The summed E-state index contributed by atoms with van der Waals surface area (Å²) in [6.07, 6.45) is 1.25. The number of carboxylic acid groups (broad SMARTS) is 1. The van der Waals surface area contributed by atoms with Crippen LogP contribution in [0.3, 0.4) is 0 Å². The highest BCUT2D eigenvalue weighted by Crippen LogP contribution is 2.19. The zero-order valence-electron chi connectivity index (χ0n) is 19.5. The summed E-state index contributed by atoms with van der Waals surface area (Å²) in [7, 11) is 0. The fourth-order valence-corrected chi connectivity index (χ4v) is 3.41. The van der Waals surface area contributed by atoms with Gasteiger partial charge in [-0.1, -0.05) is 38.5 Å². The van der Waals surface area contributed by atoms with Crippen molar-refractivity contribution in [3.8, 4) is 0 Å². The molecule has 0 aliphatic rings. The van der Waals surface area contributed by atoms with Crippen molar-refractivity contribution in [1.82, 2.24) is 20.9 Å². The number of aromatic amines is 1. The van der Waals surface area contributed by atoms with E-state index in [0.717, 1.165) is 16.5 Å². The molecule has 34 heavy (non-hydrogen) atoms. The Labute approximate surface area is 197 Å². The molecule has 5 unspecified atom stereocenters. The Balaban J connectivity index is 2.14. The molecular formula is C23H33N5O6. The smallest absolute Gasteiger partial charge is 0.328 e. The number of aliphatic hydroxyl groups is 1. The molecule has 0 fully saturated rings. The minimum Gasteiger partial charge on any atom is -0.480 e. The van der Waals surface area contributed by atoms with E-state index in [4.69, 9.17) is 10.8 Å². The van der Waals surface area contributed by atoms with E-state index in [2.05, 4.69) is 20.9 Å². The van der Waals surface area contributed by atoms with Gasteiger partial charge in [-0.25, -0.2) is 4.79 Å². The molecule has 1 aromatic heterocycles. The van der Waals surface area contributed by atoms with Crippen molar-refractivity contribution in [3.63, 3.8) is 0 Å². The van der Waals surface area contributed by atoms with Gasteiger partial charge in [0, 0.05) is 23.5 Å². The number of rotatable bonds is 12. The Kier molecular flexibility index (Phi) is 9.58. The highest BCUT2D eigenvalue weighted by Gasteiger charge is 2.28. The van der Waals surface area contributed by atoms with Crippen molar-refractivity contribution in [2.24, 2.45) is 11.7 Å². The first-order chi connectivity index (χ1) is 16.0. The number of carbonyl (C=O) groups excluding carboxylic acids is 3. The van der Waals surface area contributed by atoms with Gasteiger partial charge in [0.2, 0.25) is 17.7 Å². The maximum atomic E-state index is 12.9. The van der Waals surface area contributed by atoms with E-state index in [-0.39, 0.29) is 12.3 Å². The van der Waals surface area contributed by atoms with Gasteiger partial charge in [-0.15, -0.1) is 0 Å². The average Bonchev–Trinajstić information content (AvgIpc) is 3.21. The summed E-state index contributed by atoms with van der Waals surface area (Å²) in [5.74, 6) is -3.42. The molecule has 11 heteroatoms. The lowest BCUT2D eigenvalue weighted by atomic mass is 9.98. The van der Waals surface area contributed by atoms with Crippen molar-refractivity contribution < 1.29 is 29.4 Å². The van der Waals surface area contributed by atoms with Gasteiger partial charge in [0.1, 0.15) is 6.04 Å². The molecule has 0 radical (unpaired) electrons. The van der Waals surface area contributed by atoms with E-state index in [1.54, 1.807) is 6.20 Å². The van der Waals surface area contributed by atoms with Crippen LogP contribution in [0.25, 0.3) is 10.9 Å². The van der Waals surface area contributed by atoms with Gasteiger partial charge in [0.15, 0.2) is 6.04 Å². The van der Waals surface area contributed by atoms with Crippen molar-refractivity contribution in [2.45, 2.75) is 57.8 Å². The largest absolute Gasteiger partial charge is 0.480 e. The molecule has 5 atom stereocenters. The Morgan fingerprint density at radius 3 is 2.38 bits per heavy atom. The SMILES string of the molecule is CCC(C)C(N)C(=O)NC(Cc1c[nH]c2ccccc12)C(=O)NCC(=O)NC(C(=O)O)C(C)O. The fraction of sp³-hybridized carbons (Fsp3) is 0.478. The Hall–Kier alpha value is -3.44. The lowest BCUT2D eigenvalue weighted by molar-refractivity contribution is -0.144. The minimum absolute atomic E-state index is 0.101. The van der Waals surface area contributed by atoms with E-state index < -0.39 is 54.5 Å². The van der Waals surface area contributed by atoms with Crippen LogP contribution in [0.1, 0.15) is 32.8 Å². The number of hydrogen-bond donors (Lipinski definition) is 7. The number of nitrogens with one attached hydrogen (secondary N) is 4. The Bertz CT molecular complexity index is 1020.